The maximum Gasteiger partial charge on any atom is 0.308 e. The Labute approximate surface area is 281 Å². The molecular formula is C37H72O5Si3. The van der Waals surface area contributed by atoms with Crippen molar-refractivity contribution in [3.8, 4) is 0 Å². The number of hydrogen-bond acceptors (Lipinski definition) is 5. The number of carbonyl (C=O) groups is 1. The summed E-state index contributed by atoms with van der Waals surface area (Å²) in [7, 11) is -3.60. The van der Waals surface area contributed by atoms with Gasteiger partial charge in [-0.05, 0) is 157 Å². The summed E-state index contributed by atoms with van der Waals surface area (Å²) in [6, 6.07) is 0. The van der Waals surface area contributed by atoms with Gasteiger partial charge in [-0.15, -0.1) is 0 Å². The molecule has 8 heteroatoms. The standard InChI is InChI=1S/C37H72O5Si3/c1-25(16-15-17-26(2)35(38)39-5)29-18-19-30-34-31(24-33(37(29,30)4)42-45(12,13)14)36(3)21-20-28(40-43(6,7)8)22-27(36)23-32(34)41-44(9,10)11/h25-34H,15-24H2,1-14H3/t25-,26?,27+,28-,29-,30?,31?,32-,33+,34?,36+,37-/m1/s1. The van der Waals surface area contributed by atoms with Crippen LogP contribution in [0.3, 0.4) is 0 Å². The van der Waals surface area contributed by atoms with E-state index in [4.69, 9.17) is 18.0 Å². The van der Waals surface area contributed by atoms with E-state index in [0.717, 1.165) is 12.8 Å². The molecule has 4 fully saturated rings. The van der Waals surface area contributed by atoms with E-state index >= 15 is 0 Å². The van der Waals surface area contributed by atoms with Crippen molar-refractivity contribution in [2.75, 3.05) is 7.11 Å². The third-order valence-electron chi connectivity index (χ3n) is 12.9. The van der Waals surface area contributed by atoms with E-state index in [2.05, 4.69) is 79.7 Å². The Morgan fingerprint density at radius 3 is 1.98 bits per heavy atom. The summed E-state index contributed by atoms with van der Waals surface area (Å²) in [5.41, 5.74) is 0.497. The highest BCUT2D eigenvalue weighted by Crippen LogP contribution is 2.69. The maximum absolute atomic E-state index is 12.1. The van der Waals surface area contributed by atoms with Crippen LogP contribution in [-0.2, 0) is 22.8 Å². The van der Waals surface area contributed by atoms with Crippen molar-refractivity contribution in [1.82, 2.24) is 0 Å². The van der Waals surface area contributed by atoms with E-state index in [9.17, 15) is 4.79 Å². The highest BCUT2D eigenvalue weighted by molar-refractivity contribution is 6.70. The lowest BCUT2D eigenvalue weighted by molar-refractivity contribution is -0.199. The van der Waals surface area contributed by atoms with Gasteiger partial charge in [-0.25, -0.2) is 0 Å². The molecular weight excluding hydrogens is 609 g/mol. The number of rotatable bonds is 12. The third kappa shape index (κ3) is 8.42. The van der Waals surface area contributed by atoms with Gasteiger partial charge in [0.1, 0.15) is 0 Å². The van der Waals surface area contributed by atoms with Crippen molar-refractivity contribution in [2.24, 2.45) is 52.3 Å². The van der Waals surface area contributed by atoms with Crippen molar-refractivity contribution in [2.45, 2.75) is 169 Å². The first-order valence-corrected chi connectivity index (χ1v) is 28.9. The van der Waals surface area contributed by atoms with Gasteiger partial charge in [0.05, 0.1) is 19.1 Å². The maximum atomic E-state index is 12.1. The Morgan fingerprint density at radius 1 is 0.778 bits per heavy atom. The second kappa shape index (κ2) is 13.7. The molecule has 4 aliphatic carbocycles. The van der Waals surface area contributed by atoms with Crippen LogP contribution in [0.2, 0.25) is 58.9 Å². The molecule has 0 radical (unpaired) electrons. The van der Waals surface area contributed by atoms with Gasteiger partial charge in [-0.3, -0.25) is 4.79 Å². The van der Waals surface area contributed by atoms with Crippen LogP contribution >= 0.6 is 0 Å². The van der Waals surface area contributed by atoms with Crippen molar-refractivity contribution < 1.29 is 22.8 Å². The summed E-state index contributed by atoms with van der Waals surface area (Å²) in [5.74, 6) is 3.76. The molecule has 4 rings (SSSR count). The molecule has 45 heavy (non-hydrogen) atoms. The smallest absolute Gasteiger partial charge is 0.308 e. The fraction of sp³-hybridized carbons (Fsp3) is 0.973. The first-order valence-electron chi connectivity index (χ1n) is 18.7. The minimum atomic E-state index is -1.78. The molecule has 0 aromatic rings. The molecule has 0 saturated heterocycles. The summed E-state index contributed by atoms with van der Waals surface area (Å²) in [5, 5.41) is 0. The fourth-order valence-corrected chi connectivity index (χ4v) is 14.7. The number of hydrogen-bond donors (Lipinski definition) is 0. The number of ether oxygens (including phenoxy) is 1. The van der Waals surface area contributed by atoms with Crippen LogP contribution in [0.5, 0.6) is 0 Å². The zero-order valence-electron chi connectivity index (χ0n) is 31.9. The highest BCUT2D eigenvalue weighted by Gasteiger charge is 2.67. The van der Waals surface area contributed by atoms with E-state index in [-0.39, 0.29) is 17.3 Å². The lowest BCUT2D eigenvalue weighted by atomic mass is 9.43. The first kappa shape index (κ1) is 37.8. The molecule has 0 amide bonds. The average Bonchev–Trinajstić information content (AvgIpc) is 3.25. The monoisotopic (exact) mass is 680 g/mol. The van der Waals surface area contributed by atoms with Gasteiger partial charge in [-0.2, -0.15) is 0 Å². The summed E-state index contributed by atoms with van der Waals surface area (Å²) >= 11 is 0. The highest BCUT2D eigenvalue weighted by atomic mass is 28.4. The van der Waals surface area contributed by atoms with E-state index in [0.29, 0.717) is 59.2 Å². The van der Waals surface area contributed by atoms with Crippen molar-refractivity contribution in [3.05, 3.63) is 0 Å². The zero-order chi connectivity index (χ0) is 33.8. The van der Waals surface area contributed by atoms with Gasteiger partial charge in [0, 0.05) is 12.2 Å². The molecule has 0 bridgehead atoms. The van der Waals surface area contributed by atoms with E-state index in [1.807, 2.05) is 6.92 Å². The molecule has 5 nitrogen and oxygen atoms in total. The predicted molar refractivity (Wildman–Crippen MR) is 195 cm³/mol. The molecule has 4 saturated carbocycles. The normalized spacial score (nSPS) is 40.2. The van der Waals surface area contributed by atoms with E-state index in [1.54, 1.807) is 0 Å². The molecule has 0 spiro atoms. The second-order valence-electron chi connectivity index (χ2n) is 19.5. The summed E-state index contributed by atoms with van der Waals surface area (Å²) in [4.78, 5) is 12.1. The first-order chi connectivity index (χ1) is 20.6. The number of methoxy groups -OCH3 is 1. The van der Waals surface area contributed by atoms with Crippen LogP contribution in [0.1, 0.15) is 91.9 Å². The van der Waals surface area contributed by atoms with Gasteiger partial charge >= 0.3 is 5.97 Å². The van der Waals surface area contributed by atoms with Crippen LogP contribution in [0.25, 0.3) is 0 Å². The predicted octanol–water partition coefficient (Wildman–Crippen LogP) is 10.1. The minimum absolute atomic E-state index is 0.0193. The Balaban J connectivity index is 1.67. The summed E-state index contributed by atoms with van der Waals surface area (Å²) in [6.45, 7) is 31.3. The SMILES string of the molecule is COC(=O)C(C)CCC[C@@H](C)[C@H]1CCC2C3C(C[C@H](O[Si](C)(C)C)[C@@]21C)[C@@]1(C)CC[C@@H](O[Si](C)(C)C)C[C@H]1C[C@H]3O[Si](C)(C)C. The molecule has 262 valence electrons. The lowest BCUT2D eigenvalue weighted by Gasteiger charge is -2.66. The molecule has 0 aromatic carbocycles. The van der Waals surface area contributed by atoms with Gasteiger partial charge in [0.15, 0.2) is 25.0 Å². The Kier molecular flexibility index (Phi) is 11.5. The number of esters is 1. The van der Waals surface area contributed by atoms with Gasteiger partial charge in [-0.1, -0.05) is 40.5 Å². The molecule has 0 aliphatic heterocycles. The Hall–Kier alpha value is 0.000649. The Morgan fingerprint density at radius 2 is 1.40 bits per heavy atom. The molecule has 0 heterocycles. The van der Waals surface area contributed by atoms with Gasteiger partial charge < -0.3 is 18.0 Å². The van der Waals surface area contributed by atoms with Crippen molar-refractivity contribution in [1.29, 1.82) is 0 Å². The molecule has 0 aromatic heterocycles. The van der Waals surface area contributed by atoms with E-state index in [1.165, 1.54) is 58.5 Å². The number of carbonyl (C=O) groups excluding carboxylic acids is 1. The van der Waals surface area contributed by atoms with Crippen LogP contribution in [0, 0.1) is 52.3 Å². The molecule has 4 unspecified atom stereocenters. The van der Waals surface area contributed by atoms with Crippen LogP contribution in [0.15, 0.2) is 0 Å². The largest absolute Gasteiger partial charge is 0.469 e. The van der Waals surface area contributed by atoms with Gasteiger partial charge in [0.25, 0.3) is 0 Å². The quantitative estimate of drug-likeness (QED) is 0.152. The Bertz CT molecular complexity index is 1020. The second-order valence-corrected chi connectivity index (χ2v) is 32.8. The third-order valence-corrected chi connectivity index (χ3v) is 15.9. The molecule has 12 atom stereocenters. The molecule has 0 N–H and O–H groups in total. The lowest BCUT2D eigenvalue weighted by Crippen LogP contribution is -2.64. The van der Waals surface area contributed by atoms with Crippen LogP contribution < -0.4 is 0 Å². The van der Waals surface area contributed by atoms with Crippen molar-refractivity contribution >= 4 is 30.9 Å². The number of fused-ring (bicyclic) bond motifs is 5. The van der Waals surface area contributed by atoms with Crippen LogP contribution in [-0.4, -0.2) is 56.3 Å². The van der Waals surface area contributed by atoms with E-state index < -0.39 is 25.0 Å². The average molecular weight is 681 g/mol. The molecule has 4 aliphatic rings. The van der Waals surface area contributed by atoms with Crippen molar-refractivity contribution in [3.63, 3.8) is 0 Å². The minimum Gasteiger partial charge on any atom is -0.469 e. The summed E-state index contributed by atoms with van der Waals surface area (Å²) in [6.07, 6.45) is 13.0. The summed E-state index contributed by atoms with van der Waals surface area (Å²) < 4.78 is 26.5. The fourth-order valence-electron chi connectivity index (χ4n) is 11.1. The topological polar surface area (TPSA) is 54.0 Å². The zero-order valence-corrected chi connectivity index (χ0v) is 34.9. The van der Waals surface area contributed by atoms with Crippen LogP contribution in [0.4, 0.5) is 0 Å². The van der Waals surface area contributed by atoms with Gasteiger partial charge in [0.2, 0.25) is 0 Å².